The first-order chi connectivity index (χ1) is 10.3. The third-order valence-electron chi connectivity index (χ3n) is 4.20. The van der Waals surface area contributed by atoms with Crippen LogP contribution in [-0.4, -0.2) is 60.8 Å². The molecule has 1 aliphatic rings. The number of hydrogen-bond donors (Lipinski definition) is 0. The first-order valence-corrected chi connectivity index (χ1v) is 8.37. The Labute approximate surface area is 129 Å². The molecule has 0 aliphatic carbocycles. The van der Waals surface area contributed by atoms with E-state index >= 15 is 0 Å². The lowest BCUT2D eigenvalue weighted by Gasteiger charge is -2.41. The standard InChI is InChI=1S/C15H22N4OS/c1-3-12-10-19(6-5-18(12)7-8-20-2)14-13-4-9-21-15(13)17-11-16-14/h4,9,11-12H,3,5-8,10H2,1-2H3/t12-/m1/s1. The number of piperazine rings is 1. The van der Waals surface area contributed by atoms with Crippen LogP contribution in [0, 0.1) is 0 Å². The van der Waals surface area contributed by atoms with E-state index in [9.17, 15) is 0 Å². The highest BCUT2D eigenvalue weighted by Crippen LogP contribution is 2.28. The number of methoxy groups -OCH3 is 1. The molecule has 0 aromatic carbocycles. The SMILES string of the molecule is CC[C@@H]1CN(c2ncnc3sccc23)CCN1CCOC. The van der Waals surface area contributed by atoms with E-state index in [0.717, 1.165) is 49.9 Å². The molecule has 2 aromatic rings. The van der Waals surface area contributed by atoms with Crippen molar-refractivity contribution in [3.05, 3.63) is 17.8 Å². The molecule has 0 spiro atoms. The summed E-state index contributed by atoms with van der Waals surface area (Å²) in [6.07, 6.45) is 2.84. The monoisotopic (exact) mass is 306 g/mol. The second-order valence-corrected chi connectivity index (χ2v) is 6.27. The third kappa shape index (κ3) is 3.02. The van der Waals surface area contributed by atoms with Gasteiger partial charge in [-0.15, -0.1) is 11.3 Å². The van der Waals surface area contributed by atoms with E-state index in [2.05, 4.69) is 38.1 Å². The van der Waals surface area contributed by atoms with Crippen LogP contribution >= 0.6 is 11.3 Å². The van der Waals surface area contributed by atoms with Crippen LogP contribution in [0.25, 0.3) is 10.2 Å². The van der Waals surface area contributed by atoms with Crippen molar-refractivity contribution in [2.45, 2.75) is 19.4 Å². The summed E-state index contributed by atoms with van der Waals surface area (Å²) in [4.78, 5) is 14.9. The second-order valence-electron chi connectivity index (χ2n) is 5.37. The van der Waals surface area contributed by atoms with Crippen molar-refractivity contribution in [1.82, 2.24) is 14.9 Å². The van der Waals surface area contributed by atoms with Gasteiger partial charge in [0.2, 0.25) is 0 Å². The topological polar surface area (TPSA) is 41.5 Å². The van der Waals surface area contributed by atoms with Crippen molar-refractivity contribution in [2.24, 2.45) is 0 Å². The van der Waals surface area contributed by atoms with Crippen LogP contribution in [0.5, 0.6) is 0 Å². The minimum atomic E-state index is 0.567. The van der Waals surface area contributed by atoms with Gasteiger partial charge in [0.1, 0.15) is 17.0 Å². The number of nitrogens with zero attached hydrogens (tertiary/aromatic N) is 4. The normalized spacial score (nSPS) is 20.3. The van der Waals surface area contributed by atoms with E-state index in [1.54, 1.807) is 24.8 Å². The van der Waals surface area contributed by atoms with E-state index in [1.165, 1.54) is 5.39 Å². The number of thiophene rings is 1. The Morgan fingerprint density at radius 3 is 3.10 bits per heavy atom. The predicted molar refractivity (Wildman–Crippen MR) is 87.2 cm³/mol. The van der Waals surface area contributed by atoms with E-state index < -0.39 is 0 Å². The summed E-state index contributed by atoms with van der Waals surface area (Å²) in [5.41, 5.74) is 0. The van der Waals surface area contributed by atoms with E-state index in [-0.39, 0.29) is 0 Å². The van der Waals surface area contributed by atoms with Gasteiger partial charge in [-0.25, -0.2) is 9.97 Å². The van der Waals surface area contributed by atoms with Crippen molar-refractivity contribution in [3.8, 4) is 0 Å². The number of hydrogen-bond acceptors (Lipinski definition) is 6. The van der Waals surface area contributed by atoms with Crippen molar-refractivity contribution in [2.75, 3.05) is 44.8 Å². The van der Waals surface area contributed by atoms with Gasteiger partial charge in [0, 0.05) is 39.3 Å². The molecular weight excluding hydrogens is 284 g/mol. The Balaban J connectivity index is 1.77. The molecule has 1 atom stereocenters. The fourth-order valence-electron chi connectivity index (χ4n) is 3.00. The Morgan fingerprint density at radius 1 is 1.38 bits per heavy atom. The fourth-order valence-corrected chi connectivity index (χ4v) is 3.73. The smallest absolute Gasteiger partial charge is 0.140 e. The summed E-state index contributed by atoms with van der Waals surface area (Å²) in [5, 5.41) is 3.28. The second kappa shape index (κ2) is 6.68. The van der Waals surface area contributed by atoms with Gasteiger partial charge >= 0.3 is 0 Å². The van der Waals surface area contributed by atoms with Gasteiger partial charge in [0.15, 0.2) is 0 Å². The molecule has 114 valence electrons. The number of ether oxygens (including phenoxy) is 1. The van der Waals surface area contributed by atoms with Gasteiger partial charge in [-0.1, -0.05) is 6.92 Å². The molecule has 5 nitrogen and oxygen atoms in total. The molecule has 6 heteroatoms. The molecule has 0 bridgehead atoms. The minimum Gasteiger partial charge on any atom is -0.383 e. The largest absolute Gasteiger partial charge is 0.383 e. The quantitative estimate of drug-likeness (QED) is 0.847. The molecule has 2 aromatic heterocycles. The third-order valence-corrected chi connectivity index (χ3v) is 5.02. The first-order valence-electron chi connectivity index (χ1n) is 7.49. The first kappa shape index (κ1) is 14.7. The molecule has 3 heterocycles. The van der Waals surface area contributed by atoms with E-state index in [4.69, 9.17) is 4.74 Å². The zero-order chi connectivity index (χ0) is 14.7. The maximum atomic E-state index is 5.22. The van der Waals surface area contributed by atoms with Gasteiger partial charge in [-0.05, 0) is 17.9 Å². The molecule has 21 heavy (non-hydrogen) atoms. The molecule has 0 saturated carbocycles. The number of fused-ring (bicyclic) bond motifs is 1. The predicted octanol–water partition coefficient (Wildman–Crippen LogP) is 2.24. The molecule has 1 aliphatic heterocycles. The highest BCUT2D eigenvalue weighted by Gasteiger charge is 2.27. The molecule has 3 rings (SSSR count). The molecule has 1 saturated heterocycles. The van der Waals surface area contributed by atoms with Crippen molar-refractivity contribution in [1.29, 1.82) is 0 Å². The lowest BCUT2D eigenvalue weighted by atomic mass is 10.1. The van der Waals surface area contributed by atoms with Gasteiger partial charge < -0.3 is 9.64 Å². The fraction of sp³-hybridized carbons (Fsp3) is 0.600. The minimum absolute atomic E-state index is 0.567. The van der Waals surface area contributed by atoms with Crippen molar-refractivity contribution < 1.29 is 4.74 Å². The van der Waals surface area contributed by atoms with Crippen molar-refractivity contribution in [3.63, 3.8) is 0 Å². The van der Waals surface area contributed by atoms with Gasteiger partial charge in [-0.2, -0.15) is 0 Å². The van der Waals surface area contributed by atoms with Gasteiger partial charge in [-0.3, -0.25) is 4.90 Å². The Kier molecular flexibility index (Phi) is 4.67. The zero-order valence-corrected chi connectivity index (χ0v) is 13.5. The van der Waals surface area contributed by atoms with Crippen LogP contribution < -0.4 is 4.90 Å². The Morgan fingerprint density at radius 2 is 2.29 bits per heavy atom. The molecule has 1 fully saturated rings. The van der Waals surface area contributed by atoms with Crippen LogP contribution in [0.3, 0.4) is 0 Å². The Bertz CT molecular complexity index is 588. The highest BCUT2D eigenvalue weighted by molar-refractivity contribution is 7.16. The average molecular weight is 306 g/mol. The van der Waals surface area contributed by atoms with Gasteiger partial charge in [0.05, 0.1) is 12.0 Å². The van der Waals surface area contributed by atoms with Crippen molar-refractivity contribution >= 4 is 27.4 Å². The van der Waals surface area contributed by atoms with Crippen LogP contribution in [-0.2, 0) is 4.74 Å². The molecule has 0 amide bonds. The van der Waals surface area contributed by atoms with E-state index in [1.807, 2.05) is 0 Å². The number of aromatic nitrogens is 2. The van der Waals surface area contributed by atoms with E-state index in [0.29, 0.717) is 6.04 Å². The van der Waals surface area contributed by atoms with Crippen LogP contribution in [0.2, 0.25) is 0 Å². The molecule has 0 unspecified atom stereocenters. The number of rotatable bonds is 5. The lowest BCUT2D eigenvalue weighted by Crippen LogP contribution is -2.54. The summed E-state index contributed by atoms with van der Waals surface area (Å²) in [7, 11) is 1.77. The Hall–Kier alpha value is -1.24. The summed E-state index contributed by atoms with van der Waals surface area (Å²) < 4.78 is 5.22. The molecule has 0 N–H and O–H groups in total. The van der Waals surface area contributed by atoms with Crippen LogP contribution in [0.15, 0.2) is 17.8 Å². The lowest BCUT2D eigenvalue weighted by molar-refractivity contribution is 0.109. The van der Waals surface area contributed by atoms with Crippen LogP contribution in [0.4, 0.5) is 5.82 Å². The average Bonchev–Trinajstić information content (AvgIpc) is 3.01. The summed E-state index contributed by atoms with van der Waals surface area (Å²) in [5.74, 6) is 1.09. The number of anilines is 1. The summed E-state index contributed by atoms with van der Waals surface area (Å²) >= 11 is 1.68. The van der Waals surface area contributed by atoms with Crippen LogP contribution in [0.1, 0.15) is 13.3 Å². The summed E-state index contributed by atoms with van der Waals surface area (Å²) in [6.45, 7) is 7.19. The van der Waals surface area contributed by atoms with Gasteiger partial charge in [0.25, 0.3) is 0 Å². The maximum absolute atomic E-state index is 5.22. The zero-order valence-electron chi connectivity index (χ0n) is 12.7. The summed E-state index contributed by atoms with van der Waals surface area (Å²) in [6, 6.07) is 2.70. The molecular formula is C15H22N4OS. The highest BCUT2D eigenvalue weighted by atomic mass is 32.1. The molecule has 0 radical (unpaired) electrons. The maximum Gasteiger partial charge on any atom is 0.140 e.